The minimum atomic E-state index is -0.563. The number of hydrogen-bond donors (Lipinski definition) is 2. The number of anilines is 3. The highest BCUT2D eigenvalue weighted by Gasteiger charge is 2.04. The van der Waals surface area contributed by atoms with Crippen LogP contribution in [0.5, 0.6) is 0 Å². The lowest BCUT2D eigenvalue weighted by atomic mass is 10.1. The summed E-state index contributed by atoms with van der Waals surface area (Å²) in [5.74, 6) is -0.563. The zero-order valence-electron chi connectivity index (χ0n) is 9.81. The lowest BCUT2D eigenvalue weighted by molar-refractivity contribution is 0.624. The Bertz CT molecular complexity index is 710. The van der Waals surface area contributed by atoms with Gasteiger partial charge in [0, 0.05) is 11.4 Å². The van der Waals surface area contributed by atoms with Crippen LogP contribution in [0.2, 0.25) is 0 Å². The summed E-state index contributed by atoms with van der Waals surface area (Å²) in [7, 11) is 0. The number of rotatable bonds is 2. The highest BCUT2D eigenvalue weighted by molar-refractivity contribution is 5.68. The van der Waals surface area contributed by atoms with Gasteiger partial charge in [-0.05, 0) is 36.4 Å². The zero-order valence-corrected chi connectivity index (χ0v) is 9.81. The van der Waals surface area contributed by atoms with E-state index in [-0.39, 0.29) is 5.56 Å². The monoisotopic (exact) mass is 252 g/mol. The molecule has 2 aromatic carbocycles. The van der Waals surface area contributed by atoms with Gasteiger partial charge in [0.1, 0.15) is 18.0 Å². The minimum Gasteiger partial charge on any atom is -0.398 e. The fraction of sp³-hybridized carbons (Fsp3) is 0. The molecule has 0 bridgehead atoms. The number of nitrogens with two attached hydrogens (primary N) is 1. The number of halogens is 1. The van der Waals surface area contributed by atoms with Crippen LogP contribution in [0, 0.1) is 28.5 Å². The Morgan fingerprint density at radius 1 is 0.947 bits per heavy atom. The average molecular weight is 252 g/mol. The standard InChI is InChI=1S/C14H9FN4/c15-13-4-3-11(5-10(13)8-17)19-12-2-1-9(7-16)14(18)6-12/h1-6,19H,18H2. The van der Waals surface area contributed by atoms with Crippen molar-refractivity contribution < 1.29 is 4.39 Å². The van der Waals surface area contributed by atoms with Gasteiger partial charge < -0.3 is 11.1 Å². The molecule has 4 nitrogen and oxygen atoms in total. The first kappa shape index (κ1) is 12.4. The Labute approximate surface area is 109 Å². The molecule has 5 heteroatoms. The molecule has 0 radical (unpaired) electrons. The van der Waals surface area contributed by atoms with Gasteiger partial charge in [-0.3, -0.25) is 0 Å². The second kappa shape index (κ2) is 5.07. The Morgan fingerprint density at radius 2 is 1.58 bits per heavy atom. The molecule has 0 aromatic heterocycles. The molecule has 0 atom stereocenters. The van der Waals surface area contributed by atoms with Gasteiger partial charge in [0.2, 0.25) is 0 Å². The van der Waals surface area contributed by atoms with Gasteiger partial charge in [0.05, 0.1) is 16.8 Å². The van der Waals surface area contributed by atoms with E-state index in [1.807, 2.05) is 6.07 Å². The van der Waals surface area contributed by atoms with Crippen LogP contribution >= 0.6 is 0 Å². The molecule has 0 heterocycles. The molecule has 0 fully saturated rings. The molecule has 0 aliphatic heterocycles. The lowest BCUT2D eigenvalue weighted by Crippen LogP contribution is -1.96. The van der Waals surface area contributed by atoms with E-state index in [0.29, 0.717) is 22.6 Å². The first-order chi connectivity index (χ1) is 9.13. The van der Waals surface area contributed by atoms with Crippen LogP contribution in [0.3, 0.4) is 0 Å². The SMILES string of the molecule is N#Cc1ccc(Nc2ccc(F)c(C#N)c2)cc1N. The van der Waals surface area contributed by atoms with Crippen LogP contribution in [0.4, 0.5) is 21.5 Å². The molecule has 0 spiro atoms. The number of hydrogen-bond acceptors (Lipinski definition) is 4. The topological polar surface area (TPSA) is 85.6 Å². The molecule has 2 rings (SSSR count). The summed E-state index contributed by atoms with van der Waals surface area (Å²) < 4.78 is 13.2. The van der Waals surface area contributed by atoms with E-state index in [0.717, 1.165) is 0 Å². The quantitative estimate of drug-likeness (QED) is 0.804. The molecule has 3 N–H and O–H groups in total. The molecule has 0 saturated carbocycles. The van der Waals surface area contributed by atoms with E-state index >= 15 is 0 Å². The maximum Gasteiger partial charge on any atom is 0.141 e. The van der Waals surface area contributed by atoms with E-state index in [1.54, 1.807) is 24.3 Å². The normalized spacial score (nSPS) is 9.42. The van der Waals surface area contributed by atoms with E-state index in [1.165, 1.54) is 18.2 Å². The Balaban J connectivity index is 2.30. The van der Waals surface area contributed by atoms with Crippen molar-refractivity contribution in [2.75, 3.05) is 11.1 Å². The second-order valence-electron chi connectivity index (χ2n) is 3.85. The van der Waals surface area contributed by atoms with Gasteiger partial charge in [0.15, 0.2) is 0 Å². The van der Waals surface area contributed by atoms with Gasteiger partial charge in [0.25, 0.3) is 0 Å². The van der Waals surface area contributed by atoms with Crippen molar-refractivity contribution in [3.05, 3.63) is 53.3 Å². The van der Waals surface area contributed by atoms with Crippen LogP contribution in [-0.4, -0.2) is 0 Å². The Kier molecular flexibility index (Phi) is 3.31. The van der Waals surface area contributed by atoms with Crippen LogP contribution in [-0.2, 0) is 0 Å². The molecular weight excluding hydrogens is 243 g/mol. The van der Waals surface area contributed by atoms with E-state index in [4.69, 9.17) is 16.3 Å². The summed E-state index contributed by atoms with van der Waals surface area (Å²) >= 11 is 0. The van der Waals surface area contributed by atoms with Crippen LogP contribution < -0.4 is 11.1 Å². The van der Waals surface area contributed by atoms with Crippen molar-refractivity contribution in [1.82, 2.24) is 0 Å². The van der Waals surface area contributed by atoms with Gasteiger partial charge >= 0.3 is 0 Å². The van der Waals surface area contributed by atoms with Crippen molar-refractivity contribution >= 4 is 17.1 Å². The maximum absolute atomic E-state index is 13.2. The number of nitrogens with zero attached hydrogens (tertiary/aromatic N) is 2. The molecule has 0 saturated heterocycles. The number of nitrogen functional groups attached to an aromatic ring is 1. The summed E-state index contributed by atoms with van der Waals surface area (Å²) in [6.07, 6.45) is 0. The van der Waals surface area contributed by atoms with Crippen molar-refractivity contribution in [2.24, 2.45) is 0 Å². The maximum atomic E-state index is 13.2. The number of nitriles is 2. The number of nitrogens with one attached hydrogen (secondary N) is 1. The van der Waals surface area contributed by atoms with Crippen LogP contribution in [0.15, 0.2) is 36.4 Å². The highest BCUT2D eigenvalue weighted by Crippen LogP contribution is 2.22. The summed E-state index contributed by atoms with van der Waals surface area (Å²) in [4.78, 5) is 0. The second-order valence-corrected chi connectivity index (χ2v) is 3.85. The van der Waals surface area contributed by atoms with Gasteiger partial charge in [-0.25, -0.2) is 4.39 Å². The predicted octanol–water partition coefficient (Wildman–Crippen LogP) is 2.89. The van der Waals surface area contributed by atoms with Crippen molar-refractivity contribution in [3.8, 4) is 12.1 Å². The summed E-state index contributed by atoms with van der Waals surface area (Å²) in [5.41, 5.74) is 7.63. The van der Waals surface area contributed by atoms with Gasteiger partial charge in [-0.1, -0.05) is 0 Å². The minimum absolute atomic E-state index is 0.0355. The molecule has 92 valence electrons. The summed E-state index contributed by atoms with van der Waals surface area (Å²) in [5, 5.41) is 20.5. The van der Waals surface area contributed by atoms with E-state index < -0.39 is 5.82 Å². The first-order valence-electron chi connectivity index (χ1n) is 5.40. The Hall–Kier alpha value is -3.05. The van der Waals surface area contributed by atoms with Crippen molar-refractivity contribution in [3.63, 3.8) is 0 Å². The fourth-order valence-electron chi connectivity index (χ4n) is 1.60. The zero-order chi connectivity index (χ0) is 13.8. The van der Waals surface area contributed by atoms with E-state index in [2.05, 4.69) is 5.32 Å². The Morgan fingerprint density at radius 3 is 2.21 bits per heavy atom. The lowest BCUT2D eigenvalue weighted by Gasteiger charge is -2.08. The van der Waals surface area contributed by atoms with Crippen molar-refractivity contribution in [1.29, 1.82) is 10.5 Å². The third-order valence-electron chi connectivity index (χ3n) is 2.55. The first-order valence-corrected chi connectivity index (χ1v) is 5.40. The van der Waals surface area contributed by atoms with Gasteiger partial charge in [-0.2, -0.15) is 10.5 Å². The van der Waals surface area contributed by atoms with Crippen molar-refractivity contribution in [2.45, 2.75) is 0 Å². The van der Waals surface area contributed by atoms with E-state index in [9.17, 15) is 4.39 Å². The molecular formula is C14H9FN4. The number of benzene rings is 2. The largest absolute Gasteiger partial charge is 0.398 e. The fourth-order valence-corrected chi connectivity index (χ4v) is 1.60. The summed E-state index contributed by atoms with van der Waals surface area (Å²) in [6, 6.07) is 12.8. The molecule has 0 aliphatic rings. The third-order valence-corrected chi connectivity index (χ3v) is 2.55. The smallest absolute Gasteiger partial charge is 0.141 e. The molecule has 19 heavy (non-hydrogen) atoms. The average Bonchev–Trinajstić information content (AvgIpc) is 2.41. The molecule has 0 unspecified atom stereocenters. The van der Waals surface area contributed by atoms with Crippen LogP contribution in [0.1, 0.15) is 11.1 Å². The summed E-state index contributed by atoms with van der Waals surface area (Å²) in [6.45, 7) is 0. The molecule has 0 aliphatic carbocycles. The molecule has 0 amide bonds. The molecule has 2 aromatic rings. The van der Waals surface area contributed by atoms with Gasteiger partial charge in [-0.15, -0.1) is 0 Å². The predicted molar refractivity (Wildman–Crippen MR) is 70.0 cm³/mol. The van der Waals surface area contributed by atoms with Crippen LogP contribution in [0.25, 0.3) is 0 Å². The highest BCUT2D eigenvalue weighted by atomic mass is 19.1. The third kappa shape index (κ3) is 2.62.